The smallest absolute Gasteiger partial charge is 0.135 e. The maximum absolute atomic E-state index is 10.8. The molecule has 2 N–H and O–H groups in total. The van der Waals surface area contributed by atoms with Crippen LogP contribution in [-0.2, 0) is 0 Å². The average Bonchev–Trinajstić information content (AvgIpc) is 2.72. The molecule has 4 rings (SSSR count). The molecule has 28 heavy (non-hydrogen) atoms. The molecular formula is C25H28O3. The van der Waals surface area contributed by atoms with Gasteiger partial charge in [0.2, 0.25) is 0 Å². The Labute approximate surface area is 167 Å². The van der Waals surface area contributed by atoms with Gasteiger partial charge in [0.25, 0.3) is 0 Å². The maximum Gasteiger partial charge on any atom is 0.135 e. The van der Waals surface area contributed by atoms with Crippen molar-refractivity contribution in [3.8, 4) is 23.0 Å². The third-order valence-corrected chi connectivity index (χ3v) is 6.79. The van der Waals surface area contributed by atoms with Crippen LogP contribution in [-0.4, -0.2) is 10.2 Å². The van der Waals surface area contributed by atoms with Crippen molar-refractivity contribution in [3.63, 3.8) is 0 Å². The van der Waals surface area contributed by atoms with Gasteiger partial charge in [0.15, 0.2) is 0 Å². The molecule has 0 bridgehead atoms. The van der Waals surface area contributed by atoms with Gasteiger partial charge < -0.3 is 14.9 Å². The molecule has 2 aromatic carbocycles. The van der Waals surface area contributed by atoms with Crippen LogP contribution >= 0.6 is 0 Å². The minimum absolute atomic E-state index is 0.0235. The first-order valence-electron chi connectivity index (χ1n) is 9.92. The largest absolute Gasteiger partial charge is 0.507 e. The van der Waals surface area contributed by atoms with Crippen molar-refractivity contribution in [3.05, 3.63) is 68.8 Å². The van der Waals surface area contributed by atoms with Crippen molar-refractivity contribution in [1.82, 2.24) is 0 Å². The van der Waals surface area contributed by atoms with Gasteiger partial charge in [-0.05, 0) is 87.3 Å². The fourth-order valence-electron chi connectivity index (χ4n) is 4.79. The predicted molar refractivity (Wildman–Crippen MR) is 113 cm³/mol. The second-order valence-corrected chi connectivity index (χ2v) is 8.23. The minimum Gasteiger partial charge on any atom is -0.507 e. The van der Waals surface area contributed by atoms with Crippen LogP contribution in [0.15, 0.2) is 24.3 Å². The second-order valence-electron chi connectivity index (χ2n) is 8.23. The summed E-state index contributed by atoms with van der Waals surface area (Å²) in [6, 6.07) is 0. The highest BCUT2D eigenvalue weighted by Crippen LogP contribution is 2.57. The summed E-state index contributed by atoms with van der Waals surface area (Å²) in [5.74, 6) is 2.67. The third-order valence-electron chi connectivity index (χ3n) is 6.79. The van der Waals surface area contributed by atoms with Crippen molar-refractivity contribution in [2.45, 2.75) is 53.9 Å². The lowest BCUT2D eigenvalue weighted by molar-refractivity contribution is 0.398. The number of allylic oxidation sites excluding steroid dienone is 4. The van der Waals surface area contributed by atoms with Crippen LogP contribution < -0.4 is 4.74 Å². The molecule has 3 heteroatoms. The first-order chi connectivity index (χ1) is 13.3. The van der Waals surface area contributed by atoms with Gasteiger partial charge in [0.1, 0.15) is 23.0 Å². The number of hydrogen-bond donors (Lipinski definition) is 2. The van der Waals surface area contributed by atoms with Crippen LogP contribution in [0.4, 0.5) is 0 Å². The van der Waals surface area contributed by atoms with E-state index in [4.69, 9.17) is 4.74 Å². The Kier molecular flexibility index (Phi) is 4.29. The van der Waals surface area contributed by atoms with Gasteiger partial charge in [-0.15, -0.1) is 0 Å². The fraction of sp³-hybridized carbons (Fsp3) is 0.360. The van der Waals surface area contributed by atoms with Crippen molar-refractivity contribution in [2.24, 2.45) is 5.92 Å². The number of fused-ring (bicyclic) bond motifs is 2. The van der Waals surface area contributed by atoms with E-state index in [9.17, 15) is 10.2 Å². The van der Waals surface area contributed by atoms with Gasteiger partial charge in [0.05, 0.1) is 0 Å². The van der Waals surface area contributed by atoms with Crippen LogP contribution in [0.5, 0.6) is 23.0 Å². The molecule has 2 aliphatic rings. The first-order valence-corrected chi connectivity index (χ1v) is 9.92. The number of ether oxygens (including phenoxy) is 1. The molecule has 146 valence electrons. The Morgan fingerprint density at radius 1 is 0.714 bits per heavy atom. The average molecular weight is 376 g/mol. The van der Waals surface area contributed by atoms with E-state index in [-0.39, 0.29) is 11.8 Å². The van der Waals surface area contributed by atoms with Crippen LogP contribution in [0.1, 0.15) is 56.8 Å². The monoisotopic (exact) mass is 376 g/mol. The number of phenols is 2. The lowest BCUT2D eigenvalue weighted by atomic mass is 9.71. The van der Waals surface area contributed by atoms with E-state index in [0.29, 0.717) is 11.5 Å². The zero-order valence-electron chi connectivity index (χ0n) is 17.5. The highest BCUT2D eigenvalue weighted by molar-refractivity contribution is 5.70. The highest BCUT2D eigenvalue weighted by atomic mass is 16.5. The van der Waals surface area contributed by atoms with E-state index in [2.05, 4.69) is 24.3 Å². The number of benzene rings is 2. The van der Waals surface area contributed by atoms with E-state index >= 15 is 0 Å². The Morgan fingerprint density at radius 2 is 1.21 bits per heavy atom. The summed E-state index contributed by atoms with van der Waals surface area (Å²) >= 11 is 0. The number of phenolic OH excluding ortho intramolecular Hbond substituents is 2. The third kappa shape index (κ3) is 2.42. The molecule has 1 heterocycles. The summed E-state index contributed by atoms with van der Waals surface area (Å²) in [5.41, 5.74) is 7.51. The normalized spacial score (nSPS) is 18.0. The molecule has 0 amide bonds. The molecule has 0 aromatic heterocycles. The highest BCUT2D eigenvalue weighted by Gasteiger charge is 2.39. The van der Waals surface area contributed by atoms with E-state index in [1.807, 2.05) is 41.5 Å². The standard InChI is InChI=1S/C25H28O3/c1-12-14(3)24-19(16(5)22(12)26)21(18-10-8-7-9-11-18)20-17(6)23(27)13(2)15(4)25(20)28-24/h7-10,18,21,26-27H,11H2,1-6H3. The van der Waals surface area contributed by atoms with E-state index in [1.54, 1.807) is 0 Å². The Bertz CT molecular complexity index is 987. The molecule has 1 atom stereocenters. The molecule has 1 aliphatic heterocycles. The molecule has 0 fully saturated rings. The first kappa shape index (κ1) is 18.7. The molecule has 0 saturated heterocycles. The lowest BCUT2D eigenvalue weighted by Crippen LogP contribution is -2.22. The van der Waals surface area contributed by atoms with Crippen molar-refractivity contribution in [1.29, 1.82) is 0 Å². The molecule has 2 aromatic rings. The van der Waals surface area contributed by atoms with Crippen molar-refractivity contribution < 1.29 is 14.9 Å². The summed E-state index contributed by atoms with van der Waals surface area (Å²) in [4.78, 5) is 0. The summed E-state index contributed by atoms with van der Waals surface area (Å²) in [6.45, 7) is 11.9. The van der Waals surface area contributed by atoms with E-state index in [1.165, 1.54) is 0 Å². The minimum atomic E-state index is 0.0235. The van der Waals surface area contributed by atoms with Crippen molar-refractivity contribution >= 4 is 0 Å². The zero-order chi connectivity index (χ0) is 20.3. The Balaban J connectivity index is 2.11. The SMILES string of the molecule is Cc1c(C)c2c(c(C)c1O)C(C1C=CC=CC1)c1c(C)c(O)c(C)c(C)c1O2. The van der Waals surface area contributed by atoms with Crippen molar-refractivity contribution in [2.75, 3.05) is 0 Å². The maximum atomic E-state index is 10.8. The van der Waals surface area contributed by atoms with Crippen LogP contribution in [0.3, 0.4) is 0 Å². The second kappa shape index (κ2) is 6.44. The van der Waals surface area contributed by atoms with Gasteiger partial charge >= 0.3 is 0 Å². The summed E-state index contributed by atoms with van der Waals surface area (Å²) in [6.07, 6.45) is 9.51. The molecule has 1 aliphatic carbocycles. The van der Waals surface area contributed by atoms with Crippen LogP contribution in [0.2, 0.25) is 0 Å². The molecule has 0 saturated carbocycles. The van der Waals surface area contributed by atoms with Gasteiger partial charge in [0, 0.05) is 17.0 Å². The summed E-state index contributed by atoms with van der Waals surface area (Å²) < 4.78 is 6.53. The van der Waals surface area contributed by atoms with Gasteiger partial charge in [-0.25, -0.2) is 0 Å². The summed E-state index contributed by atoms with van der Waals surface area (Å²) in [5, 5.41) is 21.6. The quantitative estimate of drug-likeness (QED) is 0.612. The lowest BCUT2D eigenvalue weighted by Gasteiger charge is -2.38. The molecule has 0 radical (unpaired) electrons. The number of hydrogen-bond acceptors (Lipinski definition) is 3. The van der Waals surface area contributed by atoms with Gasteiger partial charge in [-0.1, -0.05) is 24.3 Å². The molecule has 0 spiro atoms. The topological polar surface area (TPSA) is 49.7 Å². The van der Waals surface area contributed by atoms with Gasteiger partial charge in [-0.3, -0.25) is 0 Å². The Hall–Kier alpha value is -2.68. The van der Waals surface area contributed by atoms with E-state index < -0.39 is 0 Å². The Morgan fingerprint density at radius 3 is 1.64 bits per heavy atom. The van der Waals surface area contributed by atoms with Crippen LogP contribution in [0, 0.1) is 47.5 Å². The van der Waals surface area contributed by atoms with Gasteiger partial charge in [-0.2, -0.15) is 0 Å². The van der Waals surface area contributed by atoms with Crippen LogP contribution in [0.25, 0.3) is 0 Å². The number of rotatable bonds is 1. The number of aromatic hydroxyl groups is 2. The molecular weight excluding hydrogens is 348 g/mol. The zero-order valence-corrected chi connectivity index (χ0v) is 17.5. The fourth-order valence-corrected chi connectivity index (χ4v) is 4.79. The van der Waals surface area contributed by atoms with E-state index in [0.717, 1.165) is 62.4 Å². The summed E-state index contributed by atoms with van der Waals surface area (Å²) in [7, 11) is 0. The molecule has 3 nitrogen and oxygen atoms in total. The molecule has 1 unspecified atom stereocenters. The predicted octanol–water partition coefficient (Wildman–Crippen LogP) is 6.32.